The van der Waals surface area contributed by atoms with E-state index in [1.165, 1.54) is 24.3 Å². The van der Waals surface area contributed by atoms with Gasteiger partial charge in [-0.2, -0.15) is 4.98 Å². The Labute approximate surface area is 184 Å². The second-order valence-electron chi connectivity index (χ2n) is 7.48. The van der Waals surface area contributed by atoms with E-state index >= 15 is 0 Å². The first kappa shape index (κ1) is 21.6. The van der Waals surface area contributed by atoms with Crippen LogP contribution in [0.15, 0.2) is 47.0 Å². The molecule has 4 rings (SSSR count). The Morgan fingerprint density at radius 3 is 2.69 bits per heavy atom. The highest BCUT2D eigenvalue weighted by molar-refractivity contribution is 5.79. The molecule has 1 atom stereocenters. The lowest BCUT2D eigenvalue weighted by atomic mass is 10.1. The fraction of sp³-hybridized carbons (Fsp3) is 0.348. The maximum Gasteiger partial charge on any atom is 0.264 e. The highest BCUT2D eigenvalue weighted by atomic mass is 19.1. The van der Waals surface area contributed by atoms with Crippen LogP contribution < -0.4 is 14.2 Å². The van der Waals surface area contributed by atoms with Gasteiger partial charge in [-0.3, -0.25) is 4.79 Å². The van der Waals surface area contributed by atoms with Crippen molar-refractivity contribution in [2.75, 3.05) is 27.3 Å². The summed E-state index contributed by atoms with van der Waals surface area (Å²) in [4.78, 5) is 19.0. The van der Waals surface area contributed by atoms with Crippen LogP contribution in [0.4, 0.5) is 4.39 Å². The molecular weight excluding hydrogens is 417 g/mol. The summed E-state index contributed by atoms with van der Waals surface area (Å²) in [6.45, 7) is 1.25. The van der Waals surface area contributed by atoms with Crippen molar-refractivity contribution in [2.24, 2.45) is 0 Å². The smallest absolute Gasteiger partial charge is 0.264 e. The third kappa shape index (κ3) is 4.99. The highest BCUT2D eigenvalue weighted by Crippen LogP contribution is 2.29. The second kappa shape index (κ2) is 9.67. The fourth-order valence-corrected chi connectivity index (χ4v) is 3.64. The van der Waals surface area contributed by atoms with Crippen LogP contribution >= 0.6 is 0 Å². The average molecular weight is 441 g/mol. The van der Waals surface area contributed by atoms with Crippen molar-refractivity contribution in [1.29, 1.82) is 0 Å². The molecule has 1 aliphatic heterocycles. The lowest BCUT2D eigenvalue weighted by Gasteiger charge is -2.16. The van der Waals surface area contributed by atoms with Crippen molar-refractivity contribution in [1.82, 2.24) is 15.0 Å². The first-order valence-corrected chi connectivity index (χ1v) is 10.2. The Balaban J connectivity index is 1.31. The van der Waals surface area contributed by atoms with Crippen LogP contribution in [0.25, 0.3) is 0 Å². The lowest BCUT2D eigenvalue weighted by Crippen LogP contribution is -2.30. The molecule has 1 aliphatic rings. The van der Waals surface area contributed by atoms with Crippen LogP contribution in [-0.4, -0.2) is 48.3 Å². The van der Waals surface area contributed by atoms with E-state index in [0.717, 1.165) is 12.0 Å². The molecule has 168 valence electrons. The number of amides is 1. The van der Waals surface area contributed by atoms with Gasteiger partial charge in [0.2, 0.25) is 5.91 Å². The van der Waals surface area contributed by atoms with Crippen LogP contribution in [-0.2, 0) is 17.8 Å². The highest BCUT2D eigenvalue weighted by Gasteiger charge is 2.30. The molecule has 2 aromatic carbocycles. The van der Waals surface area contributed by atoms with Gasteiger partial charge in [0.05, 0.1) is 20.6 Å². The van der Waals surface area contributed by atoms with Gasteiger partial charge in [-0.05, 0) is 48.4 Å². The summed E-state index contributed by atoms with van der Waals surface area (Å²) in [6.07, 6.45) is 1.03. The number of aromatic nitrogens is 2. The van der Waals surface area contributed by atoms with Crippen LogP contribution in [0.3, 0.4) is 0 Å². The number of benzene rings is 2. The number of carbonyl (C=O) groups excluding carboxylic acids is 1. The van der Waals surface area contributed by atoms with Crippen LogP contribution in [0.5, 0.6) is 17.2 Å². The molecule has 0 radical (unpaired) electrons. The average Bonchev–Trinajstić information content (AvgIpc) is 3.48. The second-order valence-corrected chi connectivity index (χ2v) is 7.48. The van der Waals surface area contributed by atoms with Crippen molar-refractivity contribution < 1.29 is 27.9 Å². The molecule has 3 aromatic rings. The maximum atomic E-state index is 13.0. The number of ether oxygens (including phenoxy) is 3. The van der Waals surface area contributed by atoms with Crippen molar-refractivity contribution >= 4 is 5.91 Å². The number of halogens is 1. The summed E-state index contributed by atoms with van der Waals surface area (Å²) in [5, 5.41) is 4.05. The molecule has 0 aliphatic carbocycles. The fourth-order valence-electron chi connectivity index (χ4n) is 3.64. The molecule has 1 aromatic heterocycles. The molecule has 1 amide bonds. The molecule has 32 heavy (non-hydrogen) atoms. The Morgan fingerprint density at radius 1 is 1.16 bits per heavy atom. The van der Waals surface area contributed by atoms with E-state index in [-0.39, 0.29) is 30.7 Å². The predicted molar refractivity (Wildman–Crippen MR) is 112 cm³/mol. The third-order valence-electron chi connectivity index (χ3n) is 5.37. The van der Waals surface area contributed by atoms with Gasteiger partial charge < -0.3 is 23.6 Å². The molecule has 1 fully saturated rings. The molecule has 1 saturated heterocycles. The molecule has 8 nitrogen and oxygen atoms in total. The molecule has 9 heteroatoms. The number of likely N-dealkylation sites (tertiary alicyclic amines) is 1. The summed E-state index contributed by atoms with van der Waals surface area (Å²) in [5.74, 6) is 2.34. The zero-order chi connectivity index (χ0) is 22.5. The van der Waals surface area contributed by atoms with Crippen molar-refractivity contribution in [3.8, 4) is 17.2 Å². The summed E-state index contributed by atoms with van der Waals surface area (Å²) in [6, 6.07) is 11.2. The Morgan fingerprint density at radius 2 is 1.94 bits per heavy atom. The zero-order valence-electron chi connectivity index (χ0n) is 17.9. The SMILES string of the molecule is COc1ccc(CC(=O)N2CCC(c3noc(COc4ccc(F)cc4)n3)C2)cc1OC. The van der Waals surface area contributed by atoms with E-state index in [0.29, 0.717) is 42.1 Å². The van der Waals surface area contributed by atoms with E-state index in [1.54, 1.807) is 20.3 Å². The number of hydrogen-bond acceptors (Lipinski definition) is 7. The summed E-state index contributed by atoms with van der Waals surface area (Å²) >= 11 is 0. The van der Waals surface area contributed by atoms with E-state index < -0.39 is 0 Å². The minimum atomic E-state index is -0.330. The first-order valence-electron chi connectivity index (χ1n) is 10.2. The van der Waals surface area contributed by atoms with Gasteiger partial charge in [-0.15, -0.1) is 0 Å². The summed E-state index contributed by atoms with van der Waals surface area (Å²) in [7, 11) is 3.14. The van der Waals surface area contributed by atoms with Crippen LogP contribution in [0, 0.1) is 5.82 Å². The van der Waals surface area contributed by atoms with Crippen LogP contribution in [0.1, 0.15) is 29.6 Å². The number of rotatable bonds is 8. The molecule has 0 N–H and O–H groups in total. The Bertz CT molecular complexity index is 1070. The normalized spacial score (nSPS) is 15.6. The monoisotopic (exact) mass is 441 g/mol. The van der Waals surface area contributed by atoms with E-state index in [2.05, 4.69) is 10.1 Å². The summed E-state index contributed by atoms with van der Waals surface area (Å²) in [5.41, 5.74) is 0.857. The Hall–Kier alpha value is -3.62. The Kier molecular flexibility index (Phi) is 6.53. The van der Waals surface area contributed by atoms with E-state index in [1.807, 2.05) is 17.0 Å². The molecule has 0 spiro atoms. The number of methoxy groups -OCH3 is 2. The van der Waals surface area contributed by atoms with Crippen LogP contribution in [0.2, 0.25) is 0 Å². The maximum absolute atomic E-state index is 13.0. The van der Waals surface area contributed by atoms with Gasteiger partial charge in [0.1, 0.15) is 11.6 Å². The standard InChI is InChI=1S/C23H24FN3O5/c1-29-19-8-3-15(11-20(19)30-2)12-22(28)27-10-9-16(13-27)23-25-21(32-26-23)14-31-18-6-4-17(24)5-7-18/h3-8,11,16H,9-10,12-14H2,1-2H3. The number of nitrogens with zero attached hydrogens (tertiary/aromatic N) is 3. The number of carbonyl (C=O) groups is 1. The summed E-state index contributed by atoms with van der Waals surface area (Å²) < 4.78 is 34.3. The van der Waals surface area contributed by atoms with Gasteiger partial charge in [0.15, 0.2) is 23.9 Å². The lowest BCUT2D eigenvalue weighted by molar-refractivity contribution is -0.129. The van der Waals surface area contributed by atoms with Crippen molar-refractivity contribution in [2.45, 2.75) is 25.4 Å². The molecule has 0 saturated carbocycles. The molecule has 2 heterocycles. The molecule has 1 unspecified atom stereocenters. The molecule has 0 bridgehead atoms. The predicted octanol–water partition coefficient (Wildman–Crippen LogP) is 3.36. The minimum Gasteiger partial charge on any atom is -0.493 e. The van der Waals surface area contributed by atoms with Gasteiger partial charge >= 0.3 is 0 Å². The molecular formula is C23H24FN3O5. The third-order valence-corrected chi connectivity index (χ3v) is 5.37. The zero-order valence-corrected chi connectivity index (χ0v) is 17.9. The van der Waals surface area contributed by atoms with Gasteiger partial charge in [-0.25, -0.2) is 4.39 Å². The van der Waals surface area contributed by atoms with Gasteiger partial charge in [0, 0.05) is 19.0 Å². The van der Waals surface area contributed by atoms with Crippen molar-refractivity contribution in [3.63, 3.8) is 0 Å². The van der Waals surface area contributed by atoms with Crippen molar-refractivity contribution in [3.05, 3.63) is 65.6 Å². The van der Waals surface area contributed by atoms with E-state index in [9.17, 15) is 9.18 Å². The number of hydrogen-bond donors (Lipinski definition) is 0. The van der Waals surface area contributed by atoms with Gasteiger partial charge in [0.25, 0.3) is 5.89 Å². The quantitative estimate of drug-likeness (QED) is 0.530. The topological polar surface area (TPSA) is 86.9 Å². The first-order chi connectivity index (χ1) is 15.6. The van der Waals surface area contributed by atoms with Gasteiger partial charge in [-0.1, -0.05) is 11.2 Å². The largest absolute Gasteiger partial charge is 0.493 e. The minimum absolute atomic E-state index is 0.00711. The van der Waals surface area contributed by atoms with E-state index in [4.69, 9.17) is 18.7 Å².